The van der Waals surface area contributed by atoms with E-state index in [2.05, 4.69) is 22.6 Å². The van der Waals surface area contributed by atoms with Gasteiger partial charge in [0.2, 0.25) is 0 Å². The van der Waals surface area contributed by atoms with Crippen molar-refractivity contribution in [3.05, 3.63) is 37.5 Å². The lowest BCUT2D eigenvalue weighted by Gasteiger charge is -1.97. The van der Waals surface area contributed by atoms with Gasteiger partial charge in [0, 0.05) is 24.3 Å². The number of hydrogen-bond donors (Lipinski definition) is 2. The Morgan fingerprint density at radius 2 is 1.29 bits per heavy atom. The highest BCUT2D eigenvalue weighted by atomic mass is 16.5. The molecule has 0 spiro atoms. The average Bonchev–Trinajstić information content (AvgIpc) is 2.54. The number of carbonyl (C=O) groups excluding carboxylic acids is 2. The molecule has 0 fully saturated rings. The van der Waals surface area contributed by atoms with Crippen LogP contribution in [0.4, 0.5) is 0 Å². The van der Waals surface area contributed by atoms with E-state index in [9.17, 15) is 19.2 Å². The summed E-state index contributed by atoms with van der Waals surface area (Å²) in [7, 11) is 0. The molecule has 0 saturated heterocycles. The summed E-state index contributed by atoms with van der Waals surface area (Å²) in [6.07, 6.45) is 5.41. The number of rotatable bonds is 8. The van der Waals surface area contributed by atoms with E-state index in [0.717, 1.165) is 18.9 Å². The Morgan fingerprint density at radius 1 is 0.875 bits per heavy atom. The molecular formula is C16H24O8. The smallest absolute Gasteiger partial charge is 0.330 e. The zero-order chi connectivity index (χ0) is 19.4. The van der Waals surface area contributed by atoms with Crippen LogP contribution >= 0.6 is 0 Å². The molecule has 0 aromatic heterocycles. The molecule has 0 bridgehead atoms. The first-order valence-corrected chi connectivity index (χ1v) is 6.97. The second kappa shape index (κ2) is 20.1. The fourth-order valence-corrected chi connectivity index (χ4v) is 0.720. The molecule has 0 rings (SSSR count). The van der Waals surface area contributed by atoms with Gasteiger partial charge in [-0.15, -0.1) is 0 Å². The third-order valence-corrected chi connectivity index (χ3v) is 1.73. The summed E-state index contributed by atoms with van der Waals surface area (Å²) in [4.78, 5) is 39.5. The summed E-state index contributed by atoms with van der Waals surface area (Å²) >= 11 is 0. The number of ether oxygens (including phenoxy) is 2. The van der Waals surface area contributed by atoms with Crippen LogP contribution in [-0.2, 0) is 28.7 Å². The van der Waals surface area contributed by atoms with E-state index in [4.69, 9.17) is 10.2 Å². The molecule has 0 aliphatic carbocycles. The van der Waals surface area contributed by atoms with Crippen LogP contribution < -0.4 is 0 Å². The summed E-state index contributed by atoms with van der Waals surface area (Å²) in [6.45, 7) is 11.2. The number of aliphatic carboxylic acids is 2. The second-order valence-corrected chi connectivity index (χ2v) is 3.69. The number of esters is 2. The highest BCUT2D eigenvalue weighted by molar-refractivity contribution is 5.89. The third kappa shape index (κ3) is 31.5. The van der Waals surface area contributed by atoms with Crippen LogP contribution in [-0.4, -0.2) is 47.3 Å². The van der Waals surface area contributed by atoms with Gasteiger partial charge in [-0.2, -0.15) is 0 Å². The molecular weight excluding hydrogens is 320 g/mol. The minimum atomic E-state index is -1.26. The monoisotopic (exact) mass is 344 g/mol. The quantitative estimate of drug-likeness (QED) is 0.388. The number of carboxylic acid groups (broad SMARTS) is 2. The maximum atomic E-state index is 10.3. The first-order chi connectivity index (χ1) is 11.2. The van der Waals surface area contributed by atoms with Gasteiger partial charge in [0.15, 0.2) is 0 Å². The van der Waals surface area contributed by atoms with Gasteiger partial charge in [-0.05, 0) is 13.3 Å². The highest BCUT2D eigenvalue weighted by Crippen LogP contribution is 1.88. The van der Waals surface area contributed by atoms with E-state index >= 15 is 0 Å². The Balaban J connectivity index is -0.000000278. The first kappa shape index (κ1) is 26.0. The zero-order valence-electron chi connectivity index (χ0n) is 13.9. The van der Waals surface area contributed by atoms with Gasteiger partial charge in [-0.3, -0.25) is 0 Å². The molecule has 0 unspecified atom stereocenters. The number of carbonyl (C=O) groups is 4. The van der Waals surface area contributed by atoms with E-state index in [1.165, 1.54) is 6.08 Å². The Hall–Kier alpha value is -2.90. The summed E-state index contributed by atoms with van der Waals surface area (Å²) in [5.74, 6) is -3.20. The molecule has 0 heterocycles. The molecule has 0 aliphatic rings. The molecule has 0 aliphatic heterocycles. The van der Waals surface area contributed by atoms with Crippen molar-refractivity contribution < 1.29 is 38.9 Å². The van der Waals surface area contributed by atoms with Crippen molar-refractivity contribution in [3.63, 3.8) is 0 Å². The van der Waals surface area contributed by atoms with Crippen molar-refractivity contribution >= 4 is 23.9 Å². The second-order valence-electron chi connectivity index (χ2n) is 3.69. The Kier molecular flexibility index (Phi) is 21.8. The standard InChI is InChI=1S/C7H12O2.C5H8O2.C4H4O4/c1-3-5-6-9-7(8)4-2;1-3-5(6)7-4-2;5-3(6)1-2-4(7)8/h4H,2-3,5-6H2,1H3;3H,1,4H2,2H3;1-2H,(H,5,6)(H,7,8). The van der Waals surface area contributed by atoms with Crippen LogP contribution in [0.3, 0.4) is 0 Å². The number of unbranched alkanes of at least 4 members (excludes halogenated alkanes) is 1. The van der Waals surface area contributed by atoms with E-state index in [-0.39, 0.29) is 11.9 Å². The summed E-state index contributed by atoms with van der Waals surface area (Å²) in [5, 5.41) is 15.6. The van der Waals surface area contributed by atoms with Crippen molar-refractivity contribution in [2.24, 2.45) is 0 Å². The summed E-state index contributed by atoms with van der Waals surface area (Å²) in [5.41, 5.74) is 0. The van der Waals surface area contributed by atoms with Gasteiger partial charge < -0.3 is 19.7 Å². The van der Waals surface area contributed by atoms with Crippen LogP contribution in [0.5, 0.6) is 0 Å². The molecule has 136 valence electrons. The van der Waals surface area contributed by atoms with Crippen molar-refractivity contribution in [3.8, 4) is 0 Å². The van der Waals surface area contributed by atoms with Crippen LogP contribution in [0, 0.1) is 0 Å². The molecule has 0 amide bonds. The fourth-order valence-electron chi connectivity index (χ4n) is 0.720. The first-order valence-electron chi connectivity index (χ1n) is 6.97. The van der Waals surface area contributed by atoms with Crippen LogP contribution in [0.2, 0.25) is 0 Å². The normalized spacial score (nSPS) is 8.58. The maximum absolute atomic E-state index is 10.3. The molecule has 0 atom stereocenters. The van der Waals surface area contributed by atoms with Crippen LogP contribution in [0.15, 0.2) is 37.5 Å². The molecule has 0 aromatic rings. The molecule has 24 heavy (non-hydrogen) atoms. The van der Waals surface area contributed by atoms with E-state index in [0.29, 0.717) is 25.4 Å². The third-order valence-electron chi connectivity index (χ3n) is 1.73. The number of hydrogen-bond acceptors (Lipinski definition) is 6. The van der Waals surface area contributed by atoms with Crippen molar-refractivity contribution in [2.45, 2.75) is 26.7 Å². The van der Waals surface area contributed by atoms with Crippen LogP contribution in [0.1, 0.15) is 26.7 Å². The van der Waals surface area contributed by atoms with E-state index < -0.39 is 11.9 Å². The predicted octanol–water partition coefficient (Wildman–Crippen LogP) is 1.96. The Bertz CT molecular complexity index is 421. The molecule has 0 aromatic carbocycles. The van der Waals surface area contributed by atoms with Crippen molar-refractivity contribution in [1.82, 2.24) is 0 Å². The molecule has 8 nitrogen and oxygen atoms in total. The molecule has 2 N–H and O–H groups in total. The number of carboxylic acids is 2. The largest absolute Gasteiger partial charge is 0.478 e. The Morgan fingerprint density at radius 3 is 1.54 bits per heavy atom. The van der Waals surface area contributed by atoms with Gasteiger partial charge in [-0.25, -0.2) is 19.2 Å². The zero-order valence-corrected chi connectivity index (χ0v) is 13.9. The van der Waals surface area contributed by atoms with E-state index in [1.807, 2.05) is 6.92 Å². The fraction of sp³-hybridized carbons (Fsp3) is 0.375. The molecule has 0 radical (unpaired) electrons. The molecule has 8 heteroatoms. The highest BCUT2D eigenvalue weighted by Gasteiger charge is 1.91. The van der Waals surface area contributed by atoms with Gasteiger partial charge >= 0.3 is 23.9 Å². The lowest BCUT2D eigenvalue weighted by atomic mass is 10.4. The minimum Gasteiger partial charge on any atom is -0.478 e. The summed E-state index contributed by atoms with van der Waals surface area (Å²) in [6, 6.07) is 0. The van der Waals surface area contributed by atoms with E-state index in [1.54, 1.807) is 6.92 Å². The lowest BCUT2D eigenvalue weighted by molar-refractivity contribution is -0.138. The van der Waals surface area contributed by atoms with Gasteiger partial charge in [0.25, 0.3) is 0 Å². The topological polar surface area (TPSA) is 127 Å². The average molecular weight is 344 g/mol. The maximum Gasteiger partial charge on any atom is 0.330 e. The van der Waals surface area contributed by atoms with Crippen molar-refractivity contribution in [2.75, 3.05) is 13.2 Å². The summed E-state index contributed by atoms with van der Waals surface area (Å²) < 4.78 is 9.11. The van der Waals surface area contributed by atoms with Gasteiger partial charge in [0.1, 0.15) is 0 Å². The lowest BCUT2D eigenvalue weighted by Crippen LogP contribution is -2.00. The predicted molar refractivity (Wildman–Crippen MR) is 87.3 cm³/mol. The molecule has 0 saturated carbocycles. The Labute approximate surface area is 141 Å². The SMILES string of the molecule is C=CC(=O)OCC.C=CC(=O)OCCCC.O=C(O)C=CC(=O)O. The van der Waals surface area contributed by atoms with Crippen molar-refractivity contribution in [1.29, 1.82) is 0 Å². The van der Waals surface area contributed by atoms with Gasteiger partial charge in [-0.1, -0.05) is 26.5 Å². The minimum absolute atomic E-state index is 0.330. The van der Waals surface area contributed by atoms with Gasteiger partial charge in [0.05, 0.1) is 13.2 Å². The van der Waals surface area contributed by atoms with Crippen LogP contribution in [0.25, 0.3) is 0 Å².